The molecule has 0 saturated heterocycles. The molecule has 5 aromatic carbocycles. The first-order chi connectivity index (χ1) is 25.5. The van der Waals surface area contributed by atoms with Crippen LogP contribution in [0.15, 0.2) is 146 Å². The number of imide groups is 1. The van der Waals surface area contributed by atoms with E-state index in [1.807, 2.05) is 89.5 Å². The summed E-state index contributed by atoms with van der Waals surface area (Å²) < 4.78 is 2.03. The number of carbonyl (C=O) groups is 2. The van der Waals surface area contributed by atoms with Gasteiger partial charge in [-0.2, -0.15) is 5.26 Å². The number of fused-ring (bicyclic) bond motifs is 4. The highest BCUT2D eigenvalue weighted by Crippen LogP contribution is 2.40. The van der Waals surface area contributed by atoms with Gasteiger partial charge in [-0.15, -0.1) is 0 Å². The van der Waals surface area contributed by atoms with Gasteiger partial charge < -0.3 is 4.57 Å². The molecule has 242 valence electrons. The molecule has 4 heterocycles. The zero-order chi connectivity index (χ0) is 35.3. The van der Waals surface area contributed by atoms with Crippen molar-refractivity contribution < 1.29 is 9.59 Å². The first-order valence-electron chi connectivity index (χ1n) is 16.5. The van der Waals surface area contributed by atoms with Crippen LogP contribution >= 0.6 is 0 Å². The number of pyridine rings is 2. The van der Waals surface area contributed by atoms with Gasteiger partial charge in [-0.05, 0) is 76.3 Å². The van der Waals surface area contributed by atoms with Crippen molar-refractivity contribution in [3.05, 3.63) is 174 Å². The molecule has 0 atom stereocenters. The second-order valence-electron chi connectivity index (χ2n) is 12.5. The van der Waals surface area contributed by atoms with Gasteiger partial charge in [0.05, 0.1) is 45.7 Å². The molecule has 0 bridgehead atoms. The van der Waals surface area contributed by atoms with E-state index in [1.54, 1.807) is 48.8 Å². The lowest BCUT2D eigenvalue weighted by Crippen LogP contribution is -2.29. The molecule has 2 amide bonds. The molecule has 52 heavy (non-hydrogen) atoms. The summed E-state index contributed by atoms with van der Waals surface area (Å²) in [6.07, 6.45) is 6.49. The van der Waals surface area contributed by atoms with E-state index >= 15 is 0 Å². The van der Waals surface area contributed by atoms with Gasteiger partial charge in [0.1, 0.15) is 6.07 Å². The number of benzene rings is 5. The fraction of sp³-hybridized carbons (Fsp3) is 0. The van der Waals surface area contributed by atoms with Crippen LogP contribution in [0.2, 0.25) is 0 Å². The molecular formula is C44H24N6O2. The zero-order valence-electron chi connectivity index (χ0n) is 27.4. The number of nitrogens with zero attached hydrogens (tertiary/aromatic N) is 6. The van der Waals surface area contributed by atoms with Crippen LogP contribution < -0.4 is 4.90 Å². The third kappa shape index (κ3) is 4.83. The van der Waals surface area contributed by atoms with Gasteiger partial charge >= 0.3 is 0 Å². The van der Waals surface area contributed by atoms with Gasteiger partial charge in [-0.25, -0.2) is 9.74 Å². The molecule has 8 heteroatoms. The molecule has 0 fully saturated rings. The molecule has 0 radical (unpaired) electrons. The topological polar surface area (TPSA) is 96.2 Å². The maximum absolute atomic E-state index is 14.5. The maximum Gasteiger partial charge on any atom is 0.268 e. The van der Waals surface area contributed by atoms with Crippen LogP contribution in [0.1, 0.15) is 26.3 Å². The van der Waals surface area contributed by atoms with Crippen molar-refractivity contribution in [2.24, 2.45) is 0 Å². The summed E-state index contributed by atoms with van der Waals surface area (Å²) in [5.41, 5.74) is 9.40. The third-order valence-electron chi connectivity index (χ3n) is 9.52. The minimum atomic E-state index is -0.412. The fourth-order valence-corrected chi connectivity index (χ4v) is 7.06. The molecule has 1 aliphatic rings. The van der Waals surface area contributed by atoms with Crippen molar-refractivity contribution in [3.8, 4) is 45.1 Å². The van der Waals surface area contributed by atoms with E-state index in [9.17, 15) is 14.9 Å². The Morgan fingerprint density at radius 3 is 1.90 bits per heavy atom. The van der Waals surface area contributed by atoms with Crippen molar-refractivity contribution in [1.82, 2.24) is 14.5 Å². The van der Waals surface area contributed by atoms with E-state index in [2.05, 4.69) is 20.9 Å². The number of amides is 2. The molecule has 9 rings (SSSR count). The van der Waals surface area contributed by atoms with Crippen LogP contribution in [0.4, 0.5) is 11.4 Å². The van der Waals surface area contributed by atoms with Gasteiger partial charge in [0.2, 0.25) is 5.69 Å². The number of hydrogen-bond acceptors (Lipinski definition) is 5. The predicted molar refractivity (Wildman–Crippen MR) is 201 cm³/mol. The fourth-order valence-electron chi connectivity index (χ4n) is 7.06. The Labute approximate surface area is 297 Å². The van der Waals surface area contributed by atoms with Gasteiger partial charge in [-0.3, -0.25) is 19.6 Å². The van der Waals surface area contributed by atoms with Crippen LogP contribution in [0.5, 0.6) is 0 Å². The molecule has 3 aromatic heterocycles. The Balaban J connectivity index is 1.25. The Morgan fingerprint density at radius 1 is 0.596 bits per heavy atom. The van der Waals surface area contributed by atoms with E-state index in [4.69, 9.17) is 6.57 Å². The van der Waals surface area contributed by atoms with Crippen molar-refractivity contribution in [2.45, 2.75) is 0 Å². The number of hydrogen-bond donors (Lipinski definition) is 0. The van der Waals surface area contributed by atoms with E-state index in [0.717, 1.165) is 55.2 Å². The highest BCUT2D eigenvalue weighted by Gasteiger charge is 2.39. The predicted octanol–water partition coefficient (Wildman–Crippen LogP) is 9.80. The third-order valence-corrected chi connectivity index (χ3v) is 9.52. The van der Waals surface area contributed by atoms with Gasteiger partial charge in [0.15, 0.2) is 0 Å². The summed E-state index contributed by atoms with van der Waals surface area (Å²) in [6.45, 7) is 7.50. The normalized spacial score (nSPS) is 12.2. The number of anilines is 1. The van der Waals surface area contributed by atoms with Gasteiger partial charge in [-0.1, -0.05) is 72.8 Å². The van der Waals surface area contributed by atoms with Gasteiger partial charge in [0, 0.05) is 41.1 Å². The quantitative estimate of drug-likeness (QED) is 0.134. The first-order valence-corrected chi connectivity index (χ1v) is 16.5. The van der Waals surface area contributed by atoms with Crippen LogP contribution in [-0.4, -0.2) is 26.3 Å². The lowest BCUT2D eigenvalue weighted by Gasteiger charge is -2.15. The summed E-state index contributed by atoms with van der Waals surface area (Å²) in [5, 5.41) is 11.4. The van der Waals surface area contributed by atoms with Crippen molar-refractivity contribution in [2.75, 3.05) is 4.90 Å². The summed E-state index contributed by atoms with van der Waals surface area (Å²) >= 11 is 0. The lowest BCUT2D eigenvalue weighted by atomic mass is 10.0. The SMILES string of the molecule is [C-]#[N+]c1cncc(-c2ccc3c4ccc(-c5cncc(C#N)c5)cc4n(-c4cccc5c4C(=O)N(c4ccc(-c6ccccc6)cc4)C5=O)c3c2)c1. The van der Waals surface area contributed by atoms with Crippen LogP contribution in [-0.2, 0) is 0 Å². The molecule has 8 nitrogen and oxygen atoms in total. The smallest absolute Gasteiger partial charge is 0.268 e. The summed E-state index contributed by atoms with van der Waals surface area (Å²) in [6, 6.07) is 40.6. The van der Waals surface area contributed by atoms with E-state index < -0.39 is 11.8 Å². The Morgan fingerprint density at radius 2 is 1.23 bits per heavy atom. The molecule has 0 saturated carbocycles. The van der Waals surface area contributed by atoms with Crippen LogP contribution in [0, 0.1) is 17.9 Å². The minimum Gasteiger partial charge on any atom is -0.308 e. The average Bonchev–Trinajstić information content (AvgIpc) is 3.67. The summed E-state index contributed by atoms with van der Waals surface area (Å²) in [5.74, 6) is -0.803. The standard InChI is InChI=1S/C44H24N6O2/c1-46-34-19-33(25-48-26-34)31-13-17-37-36-16-12-30(32-18-27(22-45)23-47-24-32)20-40(36)50(41(37)21-31)39-9-5-8-38-42(39)44(52)49(43(38)51)35-14-10-29(11-15-35)28-6-3-2-4-7-28/h2-21,23-26H. The number of carbonyl (C=O) groups excluding carboxylic acids is 2. The second-order valence-corrected chi connectivity index (χ2v) is 12.5. The number of rotatable bonds is 5. The molecule has 8 aromatic rings. The minimum absolute atomic E-state index is 0.305. The van der Waals surface area contributed by atoms with Crippen LogP contribution in [0.3, 0.4) is 0 Å². The van der Waals surface area contributed by atoms with E-state index in [1.165, 1.54) is 17.3 Å². The number of aromatic nitrogens is 3. The highest BCUT2D eigenvalue weighted by atomic mass is 16.2. The molecule has 0 spiro atoms. The summed E-state index contributed by atoms with van der Waals surface area (Å²) in [4.78, 5) is 41.9. The Bertz CT molecular complexity index is 2750. The van der Waals surface area contributed by atoms with Crippen molar-refractivity contribution in [1.29, 1.82) is 5.26 Å². The molecule has 0 unspecified atom stereocenters. The van der Waals surface area contributed by atoms with E-state index in [-0.39, 0.29) is 0 Å². The van der Waals surface area contributed by atoms with Crippen LogP contribution in [0.25, 0.3) is 65.7 Å². The Hall–Kier alpha value is -7.68. The monoisotopic (exact) mass is 668 g/mol. The average molecular weight is 669 g/mol. The first kappa shape index (κ1) is 30.4. The molecule has 0 aliphatic carbocycles. The second kappa shape index (κ2) is 12.0. The van der Waals surface area contributed by atoms with E-state index in [0.29, 0.717) is 33.8 Å². The lowest BCUT2D eigenvalue weighted by molar-refractivity contribution is 0.0926. The molecule has 0 N–H and O–H groups in total. The largest absolute Gasteiger partial charge is 0.308 e. The zero-order valence-corrected chi connectivity index (χ0v) is 27.4. The molecular weight excluding hydrogens is 645 g/mol. The van der Waals surface area contributed by atoms with Gasteiger partial charge in [0.25, 0.3) is 11.8 Å². The molecule has 1 aliphatic heterocycles. The van der Waals surface area contributed by atoms with Crippen molar-refractivity contribution in [3.63, 3.8) is 0 Å². The maximum atomic E-state index is 14.5. The number of nitriles is 1. The summed E-state index contributed by atoms with van der Waals surface area (Å²) in [7, 11) is 0. The Kier molecular flexibility index (Phi) is 7.03. The highest BCUT2D eigenvalue weighted by molar-refractivity contribution is 6.35. The van der Waals surface area contributed by atoms with Crippen molar-refractivity contribution >= 4 is 45.0 Å².